The van der Waals surface area contributed by atoms with Crippen LogP contribution in [0, 0.1) is 0 Å². The van der Waals surface area contributed by atoms with Crippen LogP contribution in [-0.2, 0) is 0 Å². The van der Waals surface area contributed by atoms with Gasteiger partial charge in [-0.1, -0.05) is 22.0 Å². The number of nitrogens with one attached hydrogen (secondary N) is 1. The second kappa shape index (κ2) is 7.21. The lowest BCUT2D eigenvalue weighted by Crippen LogP contribution is -2.56. The van der Waals surface area contributed by atoms with Gasteiger partial charge in [-0.15, -0.1) is 12.4 Å². The Kier molecular flexibility index (Phi) is 6.27. The highest BCUT2D eigenvalue weighted by atomic mass is 79.9. The average Bonchev–Trinajstić information content (AvgIpc) is 2.15. The summed E-state index contributed by atoms with van der Waals surface area (Å²) in [6.45, 7) is 3.92. The van der Waals surface area contributed by atoms with Crippen molar-refractivity contribution in [2.45, 2.75) is 6.04 Å². The second-order valence-corrected chi connectivity index (χ2v) is 5.01. The van der Waals surface area contributed by atoms with Crippen LogP contribution in [0.3, 0.4) is 0 Å². The van der Waals surface area contributed by atoms with Gasteiger partial charge in [0, 0.05) is 30.1 Å². The average molecular weight is 322 g/mol. The van der Waals surface area contributed by atoms with E-state index in [0.717, 1.165) is 36.5 Å². The summed E-state index contributed by atoms with van der Waals surface area (Å²) >= 11 is 3.43. The van der Waals surface area contributed by atoms with Gasteiger partial charge in [0.15, 0.2) is 0 Å². The first-order chi connectivity index (χ1) is 7.75. The van der Waals surface area contributed by atoms with Crippen LogP contribution in [0.15, 0.2) is 28.7 Å². The topological polar surface area (TPSA) is 24.5 Å². The monoisotopic (exact) mass is 320 g/mol. The maximum atomic E-state index is 5.68. The zero-order valence-electron chi connectivity index (χ0n) is 9.86. The molecule has 0 saturated carbocycles. The van der Waals surface area contributed by atoms with Crippen LogP contribution < -0.4 is 10.1 Å². The van der Waals surface area contributed by atoms with E-state index in [1.165, 1.54) is 0 Å². The molecule has 0 radical (unpaired) electrons. The Hall–Kier alpha value is -0.290. The van der Waals surface area contributed by atoms with Crippen LogP contribution in [0.25, 0.3) is 0 Å². The zero-order chi connectivity index (χ0) is 11.4. The van der Waals surface area contributed by atoms with Gasteiger partial charge in [0.25, 0.3) is 0 Å². The van der Waals surface area contributed by atoms with Gasteiger partial charge in [-0.2, -0.15) is 0 Å². The highest BCUT2D eigenvalue weighted by Crippen LogP contribution is 2.17. The van der Waals surface area contributed by atoms with Crippen molar-refractivity contribution in [1.82, 2.24) is 10.2 Å². The van der Waals surface area contributed by atoms with E-state index < -0.39 is 0 Å². The van der Waals surface area contributed by atoms with Gasteiger partial charge in [0.2, 0.25) is 0 Å². The molecule has 1 heterocycles. The molecule has 5 heteroatoms. The summed E-state index contributed by atoms with van der Waals surface area (Å²) in [5.74, 6) is 0.925. The summed E-state index contributed by atoms with van der Waals surface area (Å²) in [6, 6.07) is 8.64. The number of halogens is 2. The van der Waals surface area contributed by atoms with Crippen molar-refractivity contribution in [1.29, 1.82) is 0 Å². The molecule has 0 unspecified atom stereocenters. The van der Waals surface area contributed by atoms with E-state index in [4.69, 9.17) is 4.74 Å². The molecule has 1 N–H and O–H groups in total. The first kappa shape index (κ1) is 14.8. The third-order valence-electron chi connectivity index (χ3n) is 2.89. The Morgan fingerprint density at radius 2 is 2.24 bits per heavy atom. The lowest BCUT2D eigenvalue weighted by atomic mass is 10.1. The van der Waals surface area contributed by atoms with Crippen molar-refractivity contribution in [2.24, 2.45) is 0 Å². The highest BCUT2D eigenvalue weighted by molar-refractivity contribution is 9.10. The van der Waals surface area contributed by atoms with E-state index in [0.29, 0.717) is 6.04 Å². The molecule has 0 aliphatic carbocycles. The van der Waals surface area contributed by atoms with Crippen molar-refractivity contribution in [3.63, 3.8) is 0 Å². The lowest BCUT2D eigenvalue weighted by Gasteiger charge is -2.35. The number of rotatable bonds is 5. The summed E-state index contributed by atoms with van der Waals surface area (Å²) < 4.78 is 6.74. The van der Waals surface area contributed by atoms with Gasteiger partial charge in [-0.05, 0) is 25.2 Å². The predicted molar refractivity (Wildman–Crippen MR) is 76.2 cm³/mol. The molecule has 1 saturated heterocycles. The smallest absolute Gasteiger partial charge is 0.120 e. The third kappa shape index (κ3) is 4.47. The highest BCUT2D eigenvalue weighted by Gasteiger charge is 2.20. The Morgan fingerprint density at radius 1 is 1.47 bits per heavy atom. The molecule has 3 nitrogen and oxygen atoms in total. The summed E-state index contributed by atoms with van der Waals surface area (Å²) in [6.07, 6.45) is 0. The molecule has 2 rings (SSSR count). The Balaban J connectivity index is 0.00000144. The van der Waals surface area contributed by atoms with Gasteiger partial charge in [0.05, 0.1) is 0 Å². The normalized spacial score (nSPS) is 15.2. The Morgan fingerprint density at radius 3 is 2.82 bits per heavy atom. The number of likely N-dealkylation sites (N-methyl/N-ethyl adjacent to an activating group) is 1. The minimum absolute atomic E-state index is 0. The molecule has 96 valence electrons. The van der Waals surface area contributed by atoms with Crippen LogP contribution in [0.1, 0.15) is 0 Å². The van der Waals surface area contributed by atoms with Crippen LogP contribution in [0.5, 0.6) is 5.75 Å². The fraction of sp³-hybridized carbons (Fsp3) is 0.500. The maximum Gasteiger partial charge on any atom is 0.120 e. The van der Waals surface area contributed by atoms with E-state index in [1.54, 1.807) is 0 Å². The molecule has 1 aromatic carbocycles. The van der Waals surface area contributed by atoms with E-state index in [2.05, 4.69) is 33.2 Å². The van der Waals surface area contributed by atoms with Gasteiger partial charge in [0.1, 0.15) is 12.4 Å². The lowest BCUT2D eigenvalue weighted by molar-refractivity contribution is 0.151. The molecule has 1 aliphatic rings. The van der Waals surface area contributed by atoms with Crippen molar-refractivity contribution < 1.29 is 4.74 Å². The maximum absolute atomic E-state index is 5.68. The third-order valence-corrected chi connectivity index (χ3v) is 3.39. The summed E-state index contributed by atoms with van der Waals surface area (Å²) in [5.41, 5.74) is 0. The molecule has 1 aliphatic heterocycles. The molecule has 0 atom stereocenters. The van der Waals surface area contributed by atoms with Crippen molar-refractivity contribution in [3.8, 4) is 5.75 Å². The van der Waals surface area contributed by atoms with Crippen molar-refractivity contribution >= 4 is 28.3 Å². The zero-order valence-corrected chi connectivity index (χ0v) is 12.3. The standard InChI is InChI=1S/C12H17BrN2O.ClH/c1-15(11-8-14-9-11)5-6-16-12-4-2-3-10(13)7-12;/h2-4,7,11,14H,5-6,8-9H2,1H3;1H. The van der Waals surface area contributed by atoms with E-state index in [9.17, 15) is 0 Å². The number of benzene rings is 1. The molecule has 0 amide bonds. The number of hydrogen-bond acceptors (Lipinski definition) is 3. The van der Waals surface area contributed by atoms with Gasteiger partial charge in [-0.3, -0.25) is 4.90 Å². The fourth-order valence-electron chi connectivity index (χ4n) is 1.63. The number of nitrogens with zero attached hydrogens (tertiary/aromatic N) is 1. The van der Waals surface area contributed by atoms with Gasteiger partial charge >= 0.3 is 0 Å². The first-order valence-electron chi connectivity index (χ1n) is 5.55. The molecule has 17 heavy (non-hydrogen) atoms. The molecular weight excluding hydrogens is 304 g/mol. The van der Waals surface area contributed by atoms with Gasteiger partial charge in [-0.25, -0.2) is 0 Å². The minimum Gasteiger partial charge on any atom is -0.492 e. The van der Waals surface area contributed by atoms with E-state index in [1.807, 2.05) is 24.3 Å². The van der Waals surface area contributed by atoms with E-state index >= 15 is 0 Å². The molecular formula is C12H18BrClN2O. The SMILES string of the molecule is CN(CCOc1cccc(Br)c1)C1CNC1.Cl. The molecule has 0 spiro atoms. The van der Waals surface area contributed by atoms with Crippen molar-refractivity contribution in [2.75, 3.05) is 33.3 Å². The van der Waals surface area contributed by atoms with Crippen LogP contribution >= 0.6 is 28.3 Å². The van der Waals surface area contributed by atoms with Crippen LogP contribution in [0.4, 0.5) is 0 Å². The molecule has 1 fully saturated rings. The van der Waals surface area contributed by atoms with E-state index in [-0.39, 0.29) is 12.4 Å². The molecule has 1 aromatic rings. The summed E-state index contributed by atoms with van der Waals surface area (Å²) in [4.78, 5) is 2.34. The Bertz CT molecular complexity index is 347. The number of hydrogen-bond donors (Lipinski definition) is 1. The molecule has 0 bridgehead atoms. The molecule has 0 aromatic heterocycles. The largest absolute Gasteiger partial charge is 0.492 e. The summed E-state index contributed by atoms with van der Waals surface area (Å²) in [5, 5.41) is 3.27. The second-order valence-electron chi connectivity index (χ2n) is 4.10. The minimum atomic E-state index is 0. The fourth-order valence-corrected chi connectivity index (χ4v) is 2.01. The van der Waals surface area contributed by atoms with Crippen LogP contribution in [-0.4, -0.2) is 44.2 Å². The van der Waals surface area contributed by atoms with Crippen molar-refractivity contribution in [3.05, 3.63) is 28.7 Å². The number of ether oxygens (including phenoxy) is 1. The van der Waals surface area contributed by atoms with Gasteiger partial charge < -0.3 is 10.1 Å². The predicted octanol–water partition coefficient (Wildman–Crippen LogP) is 2.15. The Labute approximate surface area is 117 Å². The quantitative estimate of drug-likeness (QED) is 0.899. The first-order valence-corrected chi connectivity index (χ1v) is 6.34. The van der Waals surface area contributed by atoms with Crippen LogP contribution in [0.2, 0.25) is 0 Å². The summed E-state index contributed by atoms with van der Waals surface area (Å²) in [7, 11) is 2.15.